The van der Waals surface area contributed by atoms with E-state index in [1.165, 1.54) is 44.1 Å². The standard InChI is InChI=1S/C15H28N2O/c1-2-17-10-11-18-14(12-17)15(16)13-8-6-4-3-5-7-9-13/h8,14-15H,2-7,9-12,16H2,1H3. The smallest absolute Gasteiger partial charge is 0.0891 e. The molecule has 0 amide bonds. The van der Waals surface area contributed by atoms with Crippen molar-refractivity contribution in [2.75, 3.05) is 26.2 Å². The van der Waals surface area contributed by atoms with Crippen LogP contribution in [0.5, 0.6) is 0 Å². The lowest BCUT2D eigenvalue weighted by molar-refractivity contribution is -0.0338. The SMILES string of the molecule is CCN1CCOC(C(N)C2=CCCCCCC2)C1. The van der Waals surface area contributed by atoms with E-state index in [0.29, 0.717) is 0 Å². The average molecular weight is 252 g/mol. The van der Waals surface area contributed by atoms with Gasteiger partial charge in [-0.15, -0.1) is 0 Å². The second kappa shape index (κ2) is 7.27. The number of nitrogens with two attached hydrogens (primary N) is 1. The van der Waals surface area contributed by atoms with Crippen LogP contribution in [0.4, 0.5) is 0 Å². The number of nitrogens with zero attached hydrogens (tertiary/aromatic N) is 1. The number of likely N-dealkylation sites (N-methyl/N-ethyl adjacent to an activating group) is 1. The molecule has 2 atom stereocenters. The van der Waals surface area contributed by atoms with E-state index in [1.807, 2.05) is 0 Å². The predicted octanol–water partition coefficient (Wildman–Crippen LogP) is 2.31. The van der Waals surface area contributed by atoms with Crippen molar-refractivity contribution >= 4 is 0 Å². The zero-order valence-electron chi connectivity index (χ0n) is 11.7. The fourth-order valence-electron chi connectivity index (χ4n) is 2.99. The Bertz CT molecular complexity index is 278. The third kappa shape index (κ3) is 3.81. The summed E-state index contributed by atoms with van der Waals surface area (Å²) in [5.41, 5.74) is 7.88. The van der Waals surface area contributed by atoms with Crippen LogP contribution in [0.15, 0.2) is 11.6 Å². The molecule has 0 saturated carbocycles. The van der Waals surface area contributed by atoms with Crippen molar-refractivity contribution in [2.24, 2.45) is 5.73 Å². The molecule has 2 rings (SSSR count). The Morgan fingerprint density at radius 1 is 1.39 bits per heavy atom. The van der Waals surface area contributed by atoms with Crippen molar-refractivity contribution in [2.45, 2.75) is 57.6 Å². The summed E-state index contributed by atoms with van der Waals surface area (Å²) in [5.74, 6) is 0. The molecule has 0 bridgehead atoms. The van der Waals surface area contributed by atoms with Gasteiger partial charge in [0.1, 0.15) is 0 Å². The minimum Gasteiger partial charge on any atom is -0.374 e. The van der Waals surface area contributed by atoms with Crippen LogP contribution in [0, 0.1) is 0 Å². The average Bonchev–Trinajstić information content (AvgIpc) is 2.38. The van der Waals surface area contributed by atoms with Gasteiger partial charge in [-0.25, -0.2) is 0 Å². The molecule has 0 aromatic heterocycles. The highest BCUT2D eigenvalue weighted by molar-refractivity contribution is 5.13. The Morgan fingerprint density at radius 2 is 2.22 bits per heavy atom. The maximum Gasteiger partial charge on any atom is 0.0891 e. The molecule has 3 nitrogen and oxygen atoms in total. The zero-order valence-corrected chi connectivity index (χ0v) is 11.7. The van der Waals surface area contributed by atoms with Crippen LogP contribution in [-0.4, -0.2) is 43.3 Å². The largest absolute Gasteiger partial charge is 0.374 e. The van der Waals surface area contributed by atoms with Crippen LogP contribution >= 0.6 is 0 Å². The highest BCUT2D eigenvalue weighted by Crippen LogP contribution is 2.22. The summed E-state index contributed by atoms with van der Waals surface area (Å²) in [7, 11) is 0. The third-order valence-electron chi connectivity index (χ3n) is 4.28. The number of hydrogen-bond donors (Lipinski definition) is 1. The van der Waals surface area contributed by atoms with E-state index in [-0.39, 0.29) is 12.1 Å². The first-order valence-electron chi connectivity index (χ1n) is 7.59. The van der Waals surface area contributed by atoms with Crippen LogP contribution in [-0.2, 0) is 4.74 Å². The molecule has 0 aromatic carbocycles. The second-order valence-corrected chi connectivity index (χ2v) is 5.56. The number of rotatable bonds is 3. The quantitative estimate of drug-likeness (QED) is 0.783. The highest BCUT2D eigenvalue weighted by Gasteiger charge is 2.27. The van der Waals surface area contributed by atoms with Crippen molar-refractivity contribution in [3.8, 4) is 0 Å². The molecule has 0 radical (unpaired) electrons. The lowest BCUT2D eigenvalue weighted by Gasteiger charge is -2.36. The summed E-state index contributed by atoms with van der Waals surface area (Å²) in [6.45, 7) is 6.20. The molecule has 2 unspecified atom stereocenters. The van der Waals surface area contributed by atoms with E-state index in [0.717, 1.165) is 26.2 Å². The van der Waals surface area contributed by atoms with Gasteiger partial charge >= 0.3 is 0 Å². The Hall–Kier alpha value is -0.380. The lowest BCUT2D eigenvalue weighted by atomic mass is 9.92. The number of morpholine rings is 1. The molecule has 2 N–H and O–H groups in total. The first kappa shape index (κ1) is 14.0. The number of allylic oxidation sites excluding steroid dienone is 1. The van der Waals surface area contributed by atoms with E-state index < -0.39 is 0 Å². The Balaban J connectivity index is 1.93. The van der Waals surface area contributed by atoms with Crippen molar-refractivity contribution in [3.63, 3.8) is 0 Å². The fourth-order valence-corrected chi connectivity index (χ4v) is 2.99. The maximum atomic E-state index is 6.44. The van der Waals surface area contributed by atoms with Crippen molar-refractivity contribution in [1.29, 1.82) is 0 Å². The van der Waals surface area contributed by atoms with E-state index in [2.05, 4.69) is 17.9 Å². The Morgan fingerprint density at radius 3 is 3.06 bits per heavy atom. The fraction of sp³-hybridized carbons (Fsp3) is 0.867. The Labute approximate surface area is 111 Å². The van der Waals surface area contributed by atoms with Gasteiger partial charge in [-0.05, 0) is 32.2 Å². The summed E-state index contributed by atoms with van der Waals surface area (Å²) < 4.78 is 5.89. The van der Waals surface area contributed by atoms with E-state index >= 15 is 0 Å². The van der Waals surface area contributed by atoms with Crippen LogP contribution < -0.4 is 5.73 Å². The first-order chi connectivity index (χ1) is 8.81. The summed E-state index contributed by atoms with van der Waals surface area (Å²) >= 11 is 0. The monoisotopic (exact) mass is 252 g/mol. The molecule has 0 spiro atoms. The van der Waals surface area contributed by atoms with Crippen LogP contribution in [0.1, 0.15) is 45.4 Å². The van der Waals surface area contributed by atoms with Crippen LogP contribution in [0.25, 0.3) is 0 Å². The molecule has 1 heterocycles. The van der Waals surface area contributed by atoms with Gasteiger partial charge in [-0.2, -0.15) is 0 Å². The molecule has 1 aliphatic carbocycles. The molecule has 18 heavy (non-hydrogen) atoms. The zero-order chi connectivity index (χ0) is 12.8. The summed E-state index contributed by atoms with van der Waals surface area (Å²) in [5, 5.41) is 0. The third-order valence-corrected chi connectivity index (χ3v) is 4.28. The molecular weight excluding hydrogens is 224 g/mol. The normalized spacial score (nSPS) is 29.2. The molecule has 3 heteroatoms. The number of ether oxygens (including phenoxy) is 1. The van der Waals surface area contributed by atoms with E-state index in [9.17, 15) is 0 Å². The summed E-state index contributed by atoms with van der Waals surface area (Å²) in [4.78, 5) is 2.44. The molecular formula is C15H28N2O. The maximum absolute atomic E-state index is 6.44. The minimum absolute atomic E-state index is 0.109. The van der Waals surface area contributed by atoms with Gasteiger partial charge in [-0.1, -0.05) is 31.4 Å². The van der Waals surface area contributed by atoms with Gasteiger partial charge in [0, 0.05) is 13.1 Å². The van der Waals surface area contributed by atoms with Gasteiger partial charge in [0.05, 0.1) is 18.8 Å². The van der Waals surface area contributed by atoms with E-state index in [1.54, 1.807) is 0 Å². The van der Waals surface area contributed by atoms with Gasteiger partial charge < -0.3 is 10.5 Å². The summed E-state index contributed by atoms with van der Waals surface area (Å²) in [6, 6.07) is 0.109. The first-order valence-corrected chi connectivity index (χ1v) is 7.59. The van der Waals surface area contributed by atoms with Gasteiger partial charge in [-0.3, -0.25) is 4.90 Å². The van der Waals surface area contributed by atoms with Gasteiger partial charge in [0.2, 0.25) is 0 Å². The highest BCUT2D eigenvalue weighted by atomic mass is 16.5. The van der Waals surface area contributed by atoms with E-state index in [4.69, 9.17) is 10.5 Å². The second-order valence-electron chi connectivity index (χ2n) is 5.56. The topological polar surface area (TPSA) is 38.5 Å². The Kier molecular flexibility index (Phi) is 5.67. The molecule has 0 aromatic rings. The van der Waals surface area contributed by atoms with Crippen LogP contribution in [0.3, 0.4) is 0 Å². The lowest BCUT2D eigenvalue weighted by Crippen LogP contribution is -2.51. The molecule has 1 saturated heterocycles. The van der Waals surface area contributed by atoms with Gasteiger partial charge in [0.15, 0.2) is 0 Å². The minimum atomic E-state index is 0.109. The van der Waals surface area contributed by atoms with Crippen LogP contribution in [0.2, 0.25) is 0 Å². The predicted molar refractivity (Wildman–Crippen MR) is 75.6 cm³/mol. The molecule has 1 fully saturated rings. The van der Waals surface area contributed by atoms with Gasteiger partial charge in [0.25, 0.3) is 0 Å². The van der Waals surface area contributed by atoms with Crippen molar-refractivity contribution in [1.82, 2.24) is 4.90 Å². The van der Waals surface area contributed by atoms with Crippen molar-refractivity contribution < 1.29 is 4.74 Å². The molecule has 1 aliphatic heterocycles. The number of hydrogen-bond acceptors (Lipinski definition) is 3. The molecule has 2 aliphatic rings. The van der Waals surface area contributed by atoms with Crippen molar-refractivity contribution in [3.05, 3.63) is 11.6 Å². The molecule has 104 valence electrons. The summed E-state index contributed by atoms with van der Waals surface area (Å²) in [6.07, 6.45) is 10.3.